The van der Waals surface area contributed by atoms with Gasteiger partial charge in [0.15, 0.2) is 5.78 Å². The number of para-hydroxylation sites is 1. The van der Waals surface area contributed by atoms with Gasteiger partial charge in [-0.1, -0.05) is 18.2 Å². The minimum absolute atomic E-state index is 0.204. The Labute approximate surface area is 109 Å². The molecule has 1 aliphatic rings. The van der Waals surface area contributed by atoms with Gasteiger partial charge >= 0.3 is 0 Å². The van der Waals surface area contributed by atoms with E-state index >= 15 is 0 Å². The molecule has 2 aromatic rings. The Bertz CT molecular complexity index is 690. The smallest absolute Gasteiger partial charge is 0.256 e. The van der Waals surface area contributed by atoms with E-state index in [1.807, 2.05) is 24.3 Å². The first-order valence-electron chi connectivity index (χ1n) is 5.82. The molecule has 4 nitrogen and oxygen atoms in total. The van der Waals surface area contributed by atoms with E-state index in [1.54, 1.807) is 24.5 Å². The van der Waals surface area contributed by atoms with Gasteiger partial charge in [0, 0.05) is 29.2 Å². The van der Waals surface area contributed by atoms with E-state index in [0.717, 1.165) is 11.3 Å². The minimum atomic E-state index is -0.247. The number of allylic oxidation sites excluding steroid dienone is 1. The fraction of sp³-hybridized carbons (Fsp3) is 0. The monoisotopic (exact) mass is 250 g/mol. The maximum atomic E-state index is 12.1. The van der Waals surface area contributed by atoms with Crippen LogP contribution in [-0.4, -0.2) is 16.7 Å². The summed E-state index contributed by atoms with van der Waals surface area (Å²) in [6.45, 7) is 0. The van der Waals surface area contributed by atoms with Crippen LogP contribution in [0.15, 0.2) is 54.9 Å². The molecule has 3 rings (SSSR count). The van der Waals surface area contributed by atoms with Gasteiger partial charge in [0.1, 0.15) is 0 Å². The number of anilines is 1. The molecule has 1 aromatic carbocycles. The van der Waals surface area contributed by atoms with Crippen LogP contribution < -0.4 is 5.32 Å². The number of pyridine rings is 1. The average molecular weight is 250 g/mol. The molecule has 19 heavy (non-hydrogen) atoms. The van der Waals surface area contributed by atoms with Gasteiger partial charge in [-0.3, -0.25) is 14.6 Å². The standard InChI is InChI=1S/C15H10N2O2/c18-14(10-5-7-16-8-6-10)9-12-11-3-1-2-4-13(11)17-15(12)19/h1-9H,(H,17,19)/b12-9-. The van der Waals surface area contributed by atoms with Gasteiger partial charge in [-0.2, -0.15) is 0 Å². The minimum Gasteiger partial charge on any atom is -0.321 e. The molecule has 1 N–H and O–H groups in total. The molecule has 1 amide bonds. The number of carbonyl (C=O) groups excluding carboxylic acids is 2. The molecule has 4 heteroatoms. The van der Waals surface area contributed by atoms with Crippen LogP contribution in [0, 0.1) is 0 Å². The van der Waals surface area contributed by atoms with Crippen molar-refractivity contribution < 1.29 is 9.59 Å². The summed E-state index contributed by atoms with van der Waals surface area (Å²) in [6, 6.07) is 10.6. The first-order valence-corrected chi connectivity index (χ1v) is 5.82. The van der Waals surface area contributed by atoms with Crippen molar-refractivity contribution in [1.29, 1.82) is 0 Å². The van der Waals surface area contributed by atoms with Gasteiger partial charge in [0.2, 0.25) is 0 Å². The van der Waals surface area contributed by atoms with Crippen molar-refractivity contribution >= 4 is 23.0 Å². The zero-order chi connectivity index (χ0) is 13.2. The third-order valence-electron chi connectivity index (χ3n) is 2.95. The molecule has 0 fully saturated rings. The lowest BCUT2D eigenvalue weighted by molar-refractivity contribution is -0.110. The summed E-state index contributed by atoms with van der Waals surface area (Å²) in [6.07, 6.45) is 4.47. The Kier molecular flexibility index (Phi) is 2.68. The first kappa shape index (κ1) is 11.3. The number of nitrogens with one attached hydrogen (secondary N) is 1. The number of aromatic nitrogens is 1. The van der Waals surface area contributed by atoms with Crippen molar-refractivity contribution in [3.63, 3.8) is 0 Å². The van der Waals surface area contributed by atoms with Gasteiger partial charge in [-0.05, 0) is 24.3 Å². The molecule has 0 radical (unpaired) electrons. The number of nitrogens with zero attached hydrogens (tertiary/aromatic N) is 1. The van der Waals surface area contributed by atoms with E-state index < -0.39 is 0 Å². The highest BCUT2D eigenvalue weighted by atomic mass is 16.2. The summed E-state index contributed by atoms with van der Waals surface area (Å²) in [5.41, 5.74) is 2.41. The maximum absolute atomic E-state index is 12.1. The number of benzene rings is 1. The zero-order valence-corrected chi connectivity index (χ0v) is 9.96. The molecule has 1 aliphatic heterocycles. The Hall–Kier alpha value is -2.75. The SMILES string of the molecule is O=C1Nc2ccccc2/C1=C/C(=O)c1ccncc1. The number of rotatable bonds is 2. The third kappa shape index (κ3) is 2.04. The van der Waals surface area contributed by atoms with Crippen LogP contribution in [0.25, 0.3) is 5.57 Å². The highest BCUT2D eigenvalue weighted by Crippen LogP contribution is 2.31. The lowest BCUT2D eigenvalue weighted by atomic mass is 10.0. The van der Waals surface area contributed by atoms with Crippen molar-refractivity contribution in [2.75, 3.05) is 5.32 Å². The van der Waals surface area contributed by atoms with Crippen molar-refractivity contribution in [1.82, 2.24) is 4.98 Å². The summed E-state index contributed by atoms with van der Waals surface area (Å²) in [7, 11) is 0. The van der Waals surface area contributed by atoms with Gasteiger partial charge in [-0.25, -0.2) is 0 Å². The number of hydrogen-bond acceptors (Lipinski definition) is 3. The van der Waals surface area contributed by atoms with Crippen molar-refractivity contribution in [2.24, 2.45) is 0 Å². The lowest BCUT2D eigenvalue weighted by Gasteiger charge is -1.98. The first-order chi connectivity index (χ1) is 9.25. The Morgan fingerprint density at radius 3 is 2.63 bits per heavy atom. The van der Waals surface area contributed by atoms with Gasteiger partial charge < -0.3 is 5.32 Å². The second-order valence-corrected chi connectivity index (χ2v) is 4.16. The molecule has 0 saturated carbocycles. The molecular formula is C15H10N2O2. The van der Waals surface area contributed by atoms with Crippen LogP contribution in [0.5, 0.6) is 0 Å². The largest absolute Gasteiger partial charge is 0.321 e. The maximum Gasteiger partial charge on any atom is 0.256 e. The van der Waals surface area contributed by atoms with Crippen LogP contribution >= 0.6 is 0 Å². The third-order valence-corrected chi connectivity index (χ3v) is 2.95. The fourth-order valence-electron chi connectivity index (χ4n) is 2.01. The molecule has 0 bridgehead atoms. The zero-order valence-electron chi connectivity index (χ0n) is 9.96. The van der Waals surface area contributed by atoms with Gasteiger partial charge in [0.05, 0.1) is 5.57 Å². The van der Waals surface area contributed by atoms with E-state index in [4.69, 9.17) is 0 Å². The Morgan fingerprint density at radius 1 is 1.11 bits per heavy atom. The second-order valence-electron chi connectivity index (χ2n) is 4.16. The highest BCUT2D eigenvalue weighted by Gasteiger charge is 2.24. The molecule has 0 saturated heterocycles. The number of amides is 1. The van der Waals surface area contributed by atoms with Crippen LogP contribution in [0.1, 0.15) is 15.9 Å². The molecule has 2 heterocycles. The van der Waals surface area contributed by atoms with Gasteiger partial charge in [0.25, 0.3) is 5.91 Å². The summed E-state index contributed by atoms with van der Waals surface area (Å²) in [5.74, 6) is -0.451. The van der Waals surface area contributed by atoms with E-state index in [-0.39, 0.29) is 11.7 Å². The molecule has 0 atom stereocenters. The average Bonchev–Trinajstić information content (AvgIpc) is 2.76. The second kappa shape index (κ2) is 4.49. The summed E-state index contributed by atoms with van der Waals surface area (Å²) < 4.78 is 0. The molecule has 92 valence electrons. The quantitative estimate of drug-likeness (QED) is 0.657. The van der Waals surface area contributed by atoms with E-state index in [2.05, 4.69) is 10.3 Å². The number of fused-ring (bicyclic) bond motifs is 1. The van der Waals surface area contributed by atoms with Crippen LogP contribution in [-0.2, 0) is 4.79 Å². The summed E-state index contributed by atoms with van der Waals surface area (Å²) in [5, 5.41) is 2.73. The normalized spacial score (nSPS) is 15.2. The van der Waals surface area contributed by atoms with E-state index in [1.165, 1.54) is 6.08 Å². The summed E-state index contributed by atoms with van der Waals surface area (Å²) in [4.78, 5) is 27.8. The molecule has 0 spiro atoms. The van der Waals surface area contributed by atoms with Crippen molar-refractivity contribution in [3.05, 3.63) is 66.0 Å². The van der Waals surface area contributed by atoms with Crippen molar-refractivity contribution in [2.45, 2.75) is 0 Å². The van der Waals surface area contributed by atoms with E-state index in [0.29, 0.717) is 11.1 Å². The summed E-state index contributed by atoms with van der Waals surface area (Å²) >= 11 is 0. The molecule has 1 aromatic heterocycles. The lowest BCUT2D eigenvalue weighted by Crippen LogP contribution is -2.06. The molecule has 0 aliphatic carbocycles. The topological polar surface area (TPSA) is 59.1 Å². The van der Waals surface area contributed by atoms with E-state index in [9.17, 15) is 9.59 Å². The number of carbonyl (C=O) groups is 2. The Morgan fingerprint density at radius 2 is 1.84 bits per heavy atom. The fourth-order valence-corrected chi connectivity index (χ4v) is 2.01. The predicted octanol–water partition coefficient (Wildman–Crippen LogP) is 2.30. The number of hydrogen-bond donors (Lipinski definition) is 1. The van der Waals surface area contributed by atoms with Crippen molar-refractivity contribution in [3.8, 4) is 0 Å². The Balaban J connectivity index is 2.01. The number of ketones is 1. The van der Waals surface area contributed by atoms with Crippen LogP contribution in [0.4, 0.5) is 5.69 Å². The highest BCUT2D eigenvalue weighted by molar-refractivity contribution is 6.34. The predicted molar refractivity (Wildman–Crippen MR) is 71.6 cm³/mol. The van der Waals surface area contributed by atoms with Crippen LogP contribution in [0.2, 0.25) is 0 Å². The molecular weight excluding hydrogens is 240 g/mol. The van der Waals surface area contributed by atoms with Gasteiger partial charge in [-0.15, -0.1) is 0 Å². The molecule has 0 unspecified atom stereocenters. The van der Waals surface area contributed by atoms with Crippen LogP contribution in [0.3, 0.4) is 0 Å².